The Morgan fingerprint density at radius 2 is 1.42 bits per heavy atom. The first kappa shape index (κ1) is 24.7. The lowest BCUT2D eigenvalue weighted by Gasteiger charge is -2.19. The van der Waals surface area contributed by atoms with Gasteiger partial charge in [-0.3, -0.25) is 4.79 Å². The molecule has 0 saturated heterocycles. The van der Waals surface area contributed by atoms with Gasteiger partial charge >= 0.3 is 12.1 Å². The van der Waals surface area contributed by atoms with Crippen LogP contribution >= 0.6 is 11.6 Å². The number of rotatable bonds is 6. The average Bonchev–Trinajstić information content (AvgIpc) is 2.70. The average molecular weight is 483 g/mol. The molecule has 0 saturated carbocycles. The molecule has 1 atom stereocenters. The molecular formula is C25H20ClF5O2. The van der Waals surface area contributed by atoms with Crippen LogP contribution in [0.4, 0.5) is 22.0 Å². The molecule has 0 amide bonds. The summed E-state index contributed by atoms with van der Waals surface area (Å²) in [5.74, 6) is -3.72. The summed E-state index contributed by atoms with van der Waals surface area (Å²) in [6.07, 6.45) is -4.43. The summed E-state index contributed by atoms with van der Waals surface area (Å²) < 4.78 is 67.9. The molecule has 3 rings (SSSR count). The fourth-order valence-corrected chi connectivity index (χ4v) is 3.90. The molecule has 3 aromatic carbocycles. The summed E-state index contributed by atoms with van der Waals surface area (Å²) >= 11 is 5.73. The van der Waals surface area contributed by atoms with Crippen LogP contribution in [0, 0.1) is 17.6 Å². The zero-order valence-electron chi connectivity index (χ0n) is 17.7. The third-order valence-corrected chi connectivity index (χ3v) is 5.49. The van der Waals surface area contributed by atoms with E-state index in [-0.39, 0.29) is 34.6 Å². The number of carboxylic acids is 1. The van der Waals surface area contributed by atoms with Crippen molar-refractivity contribution in [2.45, 2.75) is 32.4 Å². The molecule has 1 N–H and O–H groups in total. The van der Waals surface area contributed by atoms with Gasteiger partial charge < -0.3 is 5.11 Å². The number of hydrogen-bond acceptors (Lipinski definition) is 1. The SMILES string of the molecule is CC(C)CC(C(=O)O)c1cc(-c2cc(F)cc(F)c2)cc(-c2ccc(Cl)c(C(F)(F)F)c2)c1. The highest BCUT2D eigenvalue weighted by atomic mass is 35.5. The van der Waals surface area contributed by atoms with Crippen LogP contribution in [0.3, 0.4) is 0 Å². The largest absolute Gasteiger partial charge is 0.481 e. The van der Waals surface area contributed by atoms with Crippen molar-refractivity contribution in [3.8, 4) is 22.3 Å². The van der Waals surface area contributed by atoms with Crippen molar-refractivity contribution in [2.24, 2.45) is 5.92 Å². The van der Waals surface area contributed by atoms with Gasteiger partial charge in [-0.15, -0.1) is 0 Å². The van der Waals surface area contributed by atoms with Gasteiger partial charge in [-0.2, -0.15) is 13.2 Å². The van der Waals surface area contributed by atoms with Crippen molar-refractivity contribution in [1.82, 2.24) is 0 Å². The van der Waals surface area contributed by atoms with Crippen molar-refractivity contribution in [2.75, 3.05) is 0 Å². The maximum atomic E-state index is 13.9. The molecular weight excluding hydrogens is 463 g/mol. The monoisotopic (exact) mass is 482 g/mol. The maximum absolute atomic E-state index is 13.9. The van der Waals surface area contributed by atoms with Gasteiger partial charge in [0.05, 0.1) is 16.5 Å². The van der Waals surface area contributed by atoms with E-state index in [4.69, 9.17) is 11.6 Å². The predicted molar refractivity (Wildman–Crippen MR) is 117 cm³/mol. The summed E-state index contributed by atoms with van der Waals surface area (Å²) in [7, 11) is 0. The van der Waals surface area contributed by atoms with E-state index in [1.807, 2.05) is 13.8 Å². The lowest BCUT2D eigenvalue weighted by atomic mass is 9.86. The minimum atomic E-state index is -4.69. The Balaban J connectivity index is 2.27. The number of aliphatic carboxylic acids is 1. The zero-order chi connectivity index (χ0) is 24.5. The number of carboxylic acid groups (broad SMARTS) is 1. The molecule has 0 radical (unpaired) electrons. The van der Waals surface area contributed by atoms with Crippen LogP contribution in [-0.4, -0.2) is 11.1 Å². The van der Waals surface area contributed by atoms with Gasteiger partial charge in [0.25, 0.3) is 0 Å². The highest BCUT2D eigenvalue weighted by molar-refractivity contribution is 6.31. The molecule has 0 aliphatic carbocycles. The minimum Gasteiger partial charge on any atom is -0.481 e. The van der Waals surface area contributed by atoms with E-state index in [1.54, 1.807) is 0 Å². The van der Waals surface area contributed by atoms with Crippen LogP contribution in [0.1, 0.15) is 37.3 Å². The Morgan fingerprint density at radius 3 is 1.94 bits per heavy atom. The summed E-state index contributed by atoms with van der Waals surface area (Å²) in [5.41, 5.74) is 0.0951. The van der Waals surface area contributed by atoms with Gasteiger partial charge in [0.1, 0.15) is 11.6 Å². The molecule has 0 aromatic heterocycles. The molecule has 0 bridgehead atoms. The number of hydrogen-bond donors (Lipinski definition) is 1. The molecule has 8 heteroatoms. The van der Waals surface area contributed by atoms with Crippen molar-refractivity contribution in [1.29, 1.82) is 0 Å². The lowest BCUT2D eigenvalue weighted by molar-refractivity contribution is -0.139. The van der Waals surface area contributed by atoms with Crippen molar-refractivity contribution < 1.29 is 31.9 Å². The van der Waals surface area contributed by atoms with Crippen molar-refractivity contribution in [3.05, 3.63) is 82.4 Å². The molecule has 2 nitrogen and oxygen atoms in total. The van der Waals surface area contributed by atoms with Gasteiger partial charge in [-0.1, -0.05) is 43.6 Å². The first-order valence-corrected chi connectivity index (χ1v) is 10.4. The zero-order valence-corrected chi connectivity index (χ0v) is 18.4. The van der Waals surface area contributed by atoms with Crippen LogP contribution in [0.25, 0.3) is 22.3 Å². The second-order valence-electron chi connectivity index (χ2n) is 8.21. The predicted octanol–water partition coefficient (Wildman–Crippen LogP) is 8.19. The summed E-state index contributed by atoms with van der Waals surface area (Å²) in [6.45, 7) is 3.69. The van der Waals surface area contributed by atoms with Gasteiger partial charge in [-0.25, -0.2) is 8.78 Å². The molecule has 174 valence electrons. The molecule has 0 heterocycles. The highest BCUT2D eigenvalue weighted by Gasteiger charge is 2.33. The van der Waals surface area contributed by atoms with Crippen molar-refractivity contribution >= 4 is 17.6 Å². The Hall–Kier alpha value is -2.93. The van der Waals surface area contributed by atoms with E-state index >= 15 is 0 Å². The van der Waals surface area contributed by atoms with E-state index in [1.165, 1.54) is 24.3 Å². The van der Waals surface area contributed by atoms with E-state index in [2.05, 4.69) is 0 Å². The third kappa shape index (κ3) is 5.90. The standard InChI is InChI=1S/C25H20ClF5O2/c1-13(2)5-21(24(32)33)18-7-15(14-3-4-23(26)22(11-14)25(29,30)31)6-16(8-18)17-9-19(27)12-20(28)10-17/h3-4,6-13,21H,5H2,1-2H3,(H,32,33). The van der Waals surface area contributed by atoms with Crippen LogP contribution in [0.2, 0.25) is 5.02 Å². The van der Waals surface area contributed by atoms with Crippen LogP contribution < -0.4 is 0 Å². The Labute approximate surface area is 192 Å². The lowest BCUT2D eigenvalue weighted by Crippen LogP contribution is -2.14. The van der Waals surface area contributed by atoms with Crippen LogP contribution in [0.15, 0.2) is 54.6 Å². The Bertz CT molecular complexity index is 1170. The number of benzene rings is 3. The molecule has 0 aliphatic heterocycles. The van der Waals surface area contributed by atoms with Crippen molar-refractivity contribution in [3.63, 3.8) is 0 Å². The van der Waals surface area contributed by atoms with Gasteiger partial charge in [0.15, 0.2) is 0 Å². The first-order chi connectivity index (χ1) is 15.3. The molecule has 1 unspecified atom stereocenters. The van der Waals surface area contributed by atoms with Gasteiger partial charge in [0.2, 0.25) is 0 Å². The number of carbonyl (C=O) groups is 1. The van der Waals surface area contributed by atoms with E-state index < -0.39 is 40.3 Å². The minimum absolute atomic E-state index is 0.0113. The second-order valence-corrected chi connectivity index (χ2v) is 8.62. The first-order valence-electron chi connectivity index (χ1n) is 10.1. The summed E-state index contributed by atoms with van der Waals surface area (Å²) in [4.78, 5) is 12.0. The Morgan fingerprint density at radius 1 is 0.879 bits per heavy atom. The van der Waals surface area contributed by atoms with Crippen LogP contribution in [0.5, 0.6) is 0 Å². The molecule has 0 spiro atoms. The summed E-state index contributed by atoms with van der Waals surface area (Å²) in [6, 6.07) is 10.7. The Kier molecular flexibility index (Phi) is 7.12. The third-order valence-electron chi connectivity index (χ3n) is 5.16. The normalized spacial score (nSPS) is 12.8. The maximum Gasteiger partial charge on any atom is 0.417 e. The molecule has 33 heavy (non-hydrogen) atoms. The summed E-state index contributed by atoms with van der Waals surface area (Å²) in [5, 5.41) is 9.31. The molecule has 3 aromatic rings. The van der Waals surface area contributed by atoms with E-state index in [0.717, 1.165) is 24.3 Å². The van der Waals surface area contributed by atoms with Crippen LogP contribution in [-0.2, 0) is 11.0 Å². The van der Waals surface area contributed by atoms with Gasteiger partial charge in [-0.05, 0) is 70.5 Å². The topological polar surface area (TPSA) is 37.3 Å². The fraction of sp³-hybridized carbons (Fsp3) is 0.240. The van der Waals surface area contributed by atoms with E-state index in [9.17, 15) is 31.9 Å². The fourth-order valence-electron chi connectivity index (χ4n) is 3.68. The molecule has 0 aliphatic rings. The molecule has 0 fully saturated rings. The quantitative estimate of drug-likeness (QED) is 0.360. The smallest absolute Gasteiger partial charge is 0.417 e. The highest BCUT2D eigenvalue weighted by Crippen LogP contribution is 2.39. The van der Waals surface area contributed by atoms with E-state index in [0.29, 0.717) is 11.6 Å². The number of alkyl halides is 3. The second kappa shape index (κ2) is 9.51. The van der Waals surface area contributed by atoms with Gasteiger partial charge in [0, 0.05) is 6.07 Å². The number of halogens is 6.